The number of sulfonamides is 1. The van der Waals surface area contributed by atoms with Gasteiger partial charge in [-0.25, -0.2) is 13.1 Å². The van der Waals surface area contributed by atoms with Gasteiger partial charge in [0.25, 0.3) is 0 Å². The number of benzene rings is 1. The van der Waals surface area contributed by atoms with Crippen molar-refractivity contribution in [2.45, 2.75) is 32.4 Å². The van der Waals surface area contributed by atoms with Crippen molar-refractivity contribution in [1.82, 2.24) is 14.5 Å². The quantitative estimate of drug-likeness (QED) is 0.818. The predicted molar refractivity (Wildman–Crippen MR) is 94.8 cm³/mol. The molecule has 0 saturated carbocycles. The first-order valence-corrected chi connectivity index (χ1v) is 10.1. The average molecular weight is 340 g/mol. The zero-order valence-corrected chi connectivity index (χ0v) is 15.1. The minimum absolute atomic E-state index is 0.209. The summed E-state index contributed by atoms with van der Waals surface area (Å²) in [5, 5.41) is 0. The van der Waals surface area contributed by atoms with Gasteiger partial charge in [-0.1, -0.05) is 30.3 Å². The van der Waals surface area contributed by atoms with Gasteiger partial charge in [0.1, 0.15) is 0 Å². The molecule has 23 heavy (non-hydrogen) atoms. The van der Waals surface area contributed by atoms with Gasteiger partial charge >= 0.3 is 0 Å². The fourth-order valence-corrected chi connectivity index (χ4v) is 3.89. The van der Waals surface area contributed by atoms with Crippen LogP contribution in [0.4, 0.5) is 0 Å². The molecule has 6 heteroatoms. The lowest BCUT2D eigenvalue weighted by Crippen LogP contribution is -2.40. The van der Waals surface area contributed by atoms with E-state index in [-0.39, 0.29) is 5.75 Å². The lowest BCUT2D eigenvalue weighted by Gasteiger charge is -2.29. The van der Waals surface area contributed by atoms with E-state index >= 15 is 0 Å². The first kappa shape index (κ1) is 18.4. The molecule has 0 aliphatic carbocycles. The molecule has 1 saturated heterocycles. The SMILES string of the molecule is CNS(=O)(=O)CCCN1CCCN(Cc2ccccc2)C[C@H]1C. The number of hydrogen-bond donors (Lipinski definition) is 1. The van der Waals surface area contributed by atoms with Crippen molar-refractivity contribution in [2.75, 3.05) is 39.0 Å². The van der Waals surface area contributed by atoms with E-state index in [4.69, 9.17) is 0 Å². The van der Waals surface area contributed by atoms with Crippen LogP contribution >= 0.6 is 0 Å². The van der Waals surface area contributed by atoms with Gasteiger partial charge in [-0.05, 0) is 52.0 Å². The minimum Gasteiger partial charge on any atom is -0.299 e. The van der Waals surface area contributed by atoms with Crippen LogP contribution in [0.25, 0.3) is 0 Å². The predicted octanol–water partition coefficient (Wildman–Crippen LogP) is 1.52. The Hall–Kier alpha value is -0.950. The van der Waals surface area contributed by atoms with Gasteiger partial charge in [0, 0.05) is 19.1 Å². The van der Waals surface area contributed by atoms with Crippen molar-refractivity contribution in [3.8, 4) is 0 Å². The average Bonchev–Trinajstić information content (AvgIpc) is 2.70. The van der Waals surface area contributed by atoms with Gasteiger partial charge in [-0.2, -0.15) is 0 Å². The molecule has 2 rings (SSSR count). The highest BCUT2D eigenvalue weighted by Crippen LogP contribution is 2.13. The van der Waals surface area contributed by atoms with Gasteiger partial charge in [-0.3, -0.25) is 9.80 Å². The van der Waals surface area contributed by atoms with Crippen molar-refractivity contribution in [3.63, 3.8) is 0 Å². The van der Waals surface area contributed by atoms with Crippen molar-refractivity contribution in [2.24, 2.45) is 0 Å². The van der Waals surface area contributed by atoms with Crippen molar-refractivity contribution >= 4 is 10.0 Å². The third-order valence-corrected chi connectivity index (χ3v) is 5.93. The minimum atomic E-state index is -3.09. The fraction of sp³-hybridized carbons (Fsp3) is 0.647. The third-order valence-electron chi connectivity index (χ3n) is 4.48. The number of hydrogen-bond acceptors (Lipinski definition) is 4. The monoisotopic (exact) mass is 339 g/mol. The van der Waals surface area contributed by atoms with Crippen LogP contribution in [0.1, 0.15) is 25.3 Å². The summed E-state index contributed by atoms with van der Waals surface area (Å²) < 4.78 is 25.4. The second-order valence-electron chi connectivity index (χ2n) is 6.34. The summed E-state index contributed by atoms with van der Waals surface area (Å²) in [7, 11) is -1.61. The Morgan fingerprint density at radius 3 is 2.65 bits per heavy atom. The van der Waals surface area contributed by atoms with Crippen LogP contribution in [0.15, 0.2) is 30.3 Å². The first-order chi connectivity index (χ1) is 11.0. The molecule has 0 amide bonds. The summed E-state index contributed by atoms with van der Waals surface area (Å²) in [5.41, 5.74) is 1.35. The van der Waals surface area contributed by atoms with Gasteiger partial charge in [-0.15, -0.1) is 0 Å². The molecule has 1 atom stereocenters. The molecule has 0 bridgehead atoms. The molecule has 0 radical (unpaired) electrons. The van der Waals surface area contributed by atoms with Crippen molar-refractivity contribution < 1.29 is 8.42 Å². The Bertz CT molecular complexity index is 562. The van der Waals surface area contributed by atoms with Crippen LogP contribution < -0.4 is 4.72 Å². The number of nitrogens with one attached hydrogen (secondary N) is 1. The van der Waals surface area contributed by atoms with E-state index in [0.717, 1.165) is 39.1 Å². The second-order valence-corrected chi connectivity index (χ2v) is 8.38. The Balaban J connectivity index is 1.82. The van der Waals surface area contributed by atoms with Crippen LogP contribution in [0.5, 0.6) is 0 Å². The molecule has 1 aromatic rings. The Morgan fingerprint density at radius 1 is 1.22 bits per heavy atom. The highest BCUT2D eigenvalue weighted by atomic mass is 32.2. The fourth-order valence-electron chi connectivity index (χ4n) is 3.18. The normalized spacial score (nSPS) is 21.2. The van der Waals surface area contributed by atoms with Crippen LogP contribution in [0, 0.1) is 0 Å². The Labute approximate surface area is 140 Å². The molecule has 1 fully saturated rings. The van der Waals surface area contributed by atoms with Crippen molar-refractivity contribution in [1.29, 1.82) is 0 Å². The first-order valence-electron chi connectivity index (χ1n) is 8.42. The lowest BCUT2D eigenvalue weighted by molar-refractivity contribution is 0.188. The molecule has 0 spiro atoms. The molecule has 0 unspecified atom stereocenters. The summed E-state index contributed by atoms with van der Waals surface area (Å²) in [5.74, 6) is 0.209. The van der Waals surface area contributed by atoms with Crippen LogP contribution in [-0.2, 0) is 16.6 Å². The molecule has 5 nitrogen and oxygen atoms in total. The van der Waals surface area contributed by atoms with E-state index in [0.29, 0.717) is 12.5 Å². The standard InChI is InChI=1S/C17H29N3O2S/c1-16-14-19(15-17-8-4-3-5-9-17)10-6-11-20(16)12-7-13-23(21,22)18-2/h3-5,8-9,16,18H,6-7,10-15H2,1-2H3/t16-/m1/s1. The molecule has 0 aromatic heterocycles. The van der Waals surface area contributed by atoms with Crippen LogP contribution in [-0.4, -0.2) is 63.2 Å². The van der Waals surface area contributed by atoms with E-state index in [2.05, 4.69) is 51.8 Å². The molecular formula is C17H29N3O2S. The molecule has 1 aliphatic rings. The van der Waals surface area contributed by atoms with E-state index in [1.165, 1.54) is 12.6 Å². The van der Waals surface area contributed by atoms with E-state index in [1.807, 2.05) is 0 Å². The lowest BCUT2D eigenvalue weighted by atomic mass is 10.2. The van der Waals surface area contributed by atoms with Crippen molar-refractivity contribution in [3.05, 3.63) is 35.9 Å². The number of rotatable bonds is 7. The van der Waals surface area contributed by atoms with Crippen LogP contribution in [0.2, 0.25) is 0 Å². The van der Waals surface area contributed by atoms with E-state index in [1.54, 1.807) is 0 Å². The molecule has 1 N–H and O–H groups in total. The zero-order valence-electron chi connectivity index (χ0n) is 14.2. The summed E-state index contributed by atoms with van der Waals surface area (Å²) in [6.45, 7) is 7.27. The number of nitrogens with zero attached hydrogens (tertiary/aromatic N) is 2. The summed E-state index contributed by atoms with van der Waals surface area (Å²) in [6.07, 6.45) is 1.82. The highest BCUT2D eigenvalue weighted by Gasteiger charge is 2.21. The second kappa shape index (κ2) is 8.78. The highest BCUT2D eigenvalue weighted by molar-refractivity contribution is 7.89. The van der Waals surface area contributed by atoms with E-state index in [9.17, 15) is 8.42 Å². The topological polar surface area (TPSA) is 52.7 Å². The summed E-state index contributed by atoms with van der Waals surface area (Å²) in [4.78, 5) is 4.93. The molecule has 130 valence electrons. The maximum atomic E-state index is 11.5. The molecule has 1 aliphatic heterocycles. The Morgan fingerprint density at radius 2 is 1.96 bits per heavy atom. The van der Waals surface area contributed by atoms with Gasteiger partial charge in [0.15, 0.2) is 0 Å². The zero-order chi connectivity index (χ0) is 16.7. The molecular weight excluding hydrogens is 310 g/mol. The largest absolute Gasteiger partial charge is 0.299 e. The maximum absolute atomic E-state index is 11.5. The maximum Gasteiger partial charge on any atom is 0.211 e. The van der Waals surface area contributed by atoms with E-state index < -0.39 is 10.0 Å². The third kappa shape index (κ3) is 6.22. The van der Waals surface area contributed by atoms with Gasteiger partial charge in [0.2, 0.25) is 10.0 Å². The van der Waals surface area contributed by atoms with Gasteiger partial charge < -0.3 is 0 Å². The summed E-state index contributed by atoms with van der Waals surface area (Å²) >= 11 is 0. The van der Waals surface area contributed by atoms with Crippen LogP contribution in [0.3, 0.4) is 0 Å². The molecule has 1 aromatic carbocycles. The van der Waals surface area contributed by atoms with Gasteiger partial charge in [0.05, 0.1) is 5.75 Å². The molecule has 1 heterocycles. The summed E-state index contributed by atoms with van der Waals surface area (Å²) in [6, 6.07) is 11.0. The smallest absolute Gasteiger partial charge is 0.211 e. The Kier molecular flexibility index (Phi) is 7.02.